The standard InChI is InChI=1S/C30H36N2O14S/c1-43-27(41)15-7-3-13(4-8-15)25(39)31-19-21(35)17(11-33)45-29(23(19)37)47-30-24(38)20(22(36)18(12-34)46-30)32-26(40)14-5-9-16(10-6-14)28(42)44-2/h3-10,17-24,29-30,33-38H,11-12H2,1-2H3,(H,31,39)(H,32,40)/t17-,18-,19+,20+,21+,22+,23-,24-,29+,30+/m1/s1. The SMILES string of the molecule is COC(=O)c1ccc(C(=O)N[C@H]2[C@@H](O)[C@@H](CO)O[C@@H](S[C@@H]3O[C@H](CO)[C@H](O)[C@H](NC(=O)c4ccc(C(=O)OC)cc4)[C@H]3O)[C@@H]2O)cc1. The monoisotopic (exact) mass is 680 g/mol. The Hall–Kier alpha value is -3.65. The van der Waals surface area contributed by atoms with Crippen LogP contribution in [0.25, 0.3) is 0 Å². The Balaban J connectivity index is 1.49. The van der Waals surface area contributed by atoms with Gasteiger partial charge in [0, 0.05) is 11.1 Å². The van der Waals surface area contributed by atoms with Crippen molar-refractivity contribution in [3.8, 4) is 0 Å². The number of nitrogens with one attached hydrogen (secondary N) is 2. The number of ether oxygens (including phenoxy) is 4. The number of aliphatic hydroxyl groups excluding tert-OH is 6. The normalized spacial score (nSPS) is 30.6. The molecule has 2 saturated heterocycles. The van der Waals surface area contributed by atoms with Crippen molar-refractivity contribution >= 4 is 35.5 Å². The second kappa shape index (κ2) is 16.0. The molecular formula is C30H36N2O14S. The van der Waals surface area contributed by atoms with Crippen LogP contribution in [0.2, 0.25) is 0 Å². The molecule has 4 rings (SSSR count). The molecule has 47 heavy (non-hydrogen) atoms. The van der Waals surface area contributed by atoms with Crippen molar-refractivity contribution in [2.45, 2.75) is 59.6 Å². The van der Waals surface area contributed by atoms with Gasteiger partial charge in [-0.3, -0.25) is 9.59 Å². The molecule has 8 N–H and O–H groups in total. The molecule has 2 fully saturated rings. The van der Waals surface area contributed by atoms with E-state index in [1.165, 1.54) is 62.8 Å². The summed E-state index contributed by atoms with van der Waals surface area (Å²) < 4.78 is 20.6. The van der Waals surface area contributed by atoms with Gasteiger partial charge in [-0.1, -0.05) is 11.8 Å². The Morgan fingerprint density at radius 3 is 1.23 bits per heavy atom. The van der Waals surface area contributed by atoms with Crippen LogP contribution >= 0.6 is 11.8 Å². The van der Waals surface area contributed by atoms with Crippen molar-refractivity contribution in [2.24, 2.45) is 0 Å². The van der Waals surface area contributed by atoms with Gasteiger partial charge in [-0.25, -0.2) is 9.59 Å². The van der Waals surface area contributed by atoms with Crippen molar-refractivity contribution in [3.63, 3.8) is 0 Å². The van der Waals surface area contributed by atoms with Crippen molar-refractivity contribution in [3.05, 3.63) is 70.8 Å². The number of benzene rings is 2. The number of carbonyl (C=O) groups is 4. The molecule has 2 aromatic carbocycles. The Bertz CT molecular complexity index is 1300. The first kappa shape index (κ1) is 36.2. The minimum absolute atomic E-state index is 0.0811. The summed E-state index contributed by atoms with van der Waals surface area (Å²) in [5.74, 6) is -2.69. The molecule has 16 nitrogen and oxygen atoms in total. The summed E-state index contributed by atoms with van der Waals surface area (Å²) in [4.78, 5) is 49.4. The zero-order chi connectivity index (χ0) is 34.4. The largest absolute Gasteiger partial charge is 0.465 e. The van der Waals surface area contributed by atoms with Crippen molar-refractivity contribution in [1.82, 2.24) is 10.6 Å². The highest BCUT2D eigenvalue weighted by Gasteiger charge is 2.50. The Kier molecular flexibility index (Phi) is 12.3. The van der Waals surface area contributed by atoms with Crippen molar-refractivity contribution < 1.29 is 68.8 Å². The van der Waals surface area contributed by atoms with E-state index in [2.05, 4.69) is 20.1 Å². The average Bonchev–Trinajstić information content (AvgIpc) is 3.09. The molecule has 0 radical (unpaired) electrons. The molecule has 0 bridgehead atoms. The first-order valence-electron chi connectivity index (χ1n) is 14.3. The number of carbonyl (C=O) groups excluding carboxylic acids is 4. The van der Waals surface area contributed by atoms with Gasteiger partial charge in [0.05, 0.1) is 50.6 Å². The number of amides is 2. The maximum absolute atomic E-state index is 13.0. The Morgan fingerprint density at radius 2 is 0.936 bits per heavy atom. The fourth-order valence-electron chi connectivity index (χ4n) is 5.09. The first-order valence-corrected chi connectivity index (χ1v) is 15.3. The lowest BCUT2D eigenvalue weighted by Gasteiger charge is -2.46. The molecule has 17 heteroatoms. The van der Waals surface area contributed by atoms with E-state index in [-0.39, 0.29) is 22.3 Å². The van der Waals surface area contributed by atoms with E-state index in [9.17, 15) is 49.8 Å². The summed E-state index contributed by atoms with van der Waals surface area (Å²) in [5, 5.41) is 68.7. The molecular weight excluding hydrogens is 644 g/mol. The fraction of sp³-hybridized carbons (Fsp3) is 0.467. The molecule has 0 aliphatic carbocycles. The Labute approximate surface area is 272 Å². The number of hydrogen-bond donors (Lipinski definition) is 8. The molecule has 10 atom stereocenters. The molecule has 0 aromatic heterocycles. The first-order chi connectivity index (χ1) is 22.4. The van der Waals surface area contributed by atoms with Crippen molar-refractivity contribution in [2.75, 3.05) is 27.4 Å². The fourth-order valence-corrected chi connectivity index (χ4v) is 6.43. The number of rotatable bonds is 10. The number of esters is 2. The molecule has 2 aliphatic rings. The molecule has 0 spiro atoms. The van der Waals surface area contributed by atoms with Gasteiger partial charge in [-0.05, 0) is 48.5 Å². The van der Waals surface area contributed by atoms with Gasteiger partial charge in [0.1, 0.15) is 47.5 Å². The average molecular weight is 681 g/mol. The van der Waals surface area contributed by atoms with Gasteiger partial charge in [-0.15, -0.1) is 0 Å². The van der Waals surface area contributed by atoms with Crippen LogP contribution in [0.1, 0.15) is 41.4 Å². The van der Waals surface area contributed by atoms with Gasteiger partial charge < -0.3 is 60.2 Å². The molecule has 256 valence electrons. The van der Waals surface area contributed by atoms with E-state index >= 15 is 0 Å². The highest BCUT2D eigenvalue weighted by Crippen LogP contribution is 2.37. The van der Waals surface area contributed by atoms with Gasteiger partial charge in [0.15, 0.2) is 0 Å². The van der Waals surface area contributed by atoms with Crippen LogP contribution in [-0.4, -0.2) is 141 Å². The number of methoxy groups -OCH3 is 2. The topological polar surface area (TPSA) is 251 Å². The van der Waals surface area contributed by atoms with Gasteiger partial charge in [0.2, 0.25) is 0 Å². The van der Waals surface area contributed by atoms with E-state index in [0.717, 1.165) is 0 Å². The van der Waals surface area contributed by atoms with E-state index < -0.39 is 96.5 Å². The van der Waals surface area contributed by atoms with E-state index in [4.69, 9.17) is 9.47 Å². The molecule has 2 heterocycles. The van der Waals surface area contributed by atoms with Crippen LogP contribution in [0.15, 0.2) is 48.5 Å². The van der Waals surface area contributed by atoms with Crippen LogP contribution in [0.3, 0.4) is 0 Å². The smallest absolute Gasteiger partial charge is 0.337 e. The second-order valence-corrected chi connectivity index (χ2v) is 11.9. The summed E-state index contributed by atoms with van der Waals surface area (Å²) in [6.07, 6.45) is -9.04. The molecule has 2 amide bonds. The summed E-state index contributed by atoms with van der Waals surface area (Å²) >= 11 is 0.674. The maximum Gasteiger partial charge on any atom is 0.337 e. The molecule has 2 aliphatic heterocycles. The lowest BCUT2D eigenvalue weighted by Crippen LogP contribution is -2.66. The van der Waals surface area contributed by atoms with Crippen LogP contribution < -0.4 is 10.6 Å². The predicted octanol–water partition coefficient (Wildman–Crippen LogP) is -2.23. The van der Waals surface area contributed by atoms with Gasteiger partial charge in [0.25, 0.3) is 11.8 Å². The summed E-state index contributed by atoms with van der Waals surface area (Å²) in [6, 6.07) is 7.98. The quantitative estimate of drug-likeness (QED) is 0.124. The minimum Gasteiger partial charge on any atom is -0.465 e. The van der Waals surface area contributed by atoms with E-state index in [0.29, 0.717) is 11.8 Å². The summed E-state index contributed by atoms with van der Waals surface area (Å²) in [5.41, 5.74) is -2.15. The Morgan fingerprint density at radius 1 is 0.617 bits per heavy atom. The third kappa shape index (κ3) is 8.08. The summed E-state index contributed by atoms with van der Waals surface area (Å²) in [7, 11) is 2.41. The second-order valence-electron chi connectivity index (χ2n) is 10.7. The van der Waals surface area contributed by atoms with Crippen LogP contribution in [0.4, 0.5) is 0 Å². The lowest BCUT2D eigenvalue weighted by molar-refractivity contribution is -0.175. The predicted molar refractivity (Wildman–Crippen MR) is 161 cm³/mol. The number of hydrogen-bond acceptors (Lipinski definition) is 15. The molecule has 0 saturated carbocycles. The minimum atomic E-state index is -1.65. The van der Waals surface area contributed by atoms with Crippen LogP contribution in [0, 0.1) is 0 Å². The highest BCUT2D eigenvalue weighted by molar-refractivity contribution is 8.00. The summed E-state index contributed by atoms with van der Waals surface area (Å²) in [6.45, 7) is -1.44. The molecule has 2 aromatic rings. The third-order valence-electron chi connectivity index (χ3n) is 7.77. The third-order valence-corrected chi connectivity index (χ3v) is 9.09. The number of thioether (sulfide) groups is 1. The van der Waals surface area contributed by atoms with Crippen LogP contribution in [0.5, 0.6) is 0 Å². The zero-order valence-electron chi connectivity index (χ0n) is 25.2. The van der Waals surface area contributed by atoms with Gasteiger partial charge >= 0.3 is 11.9 Å². The van der Waals surface area contributed by atoms with E-state index in [1.54, 1.807) is 0 Å². The highest BCUT2D eigenvalue weighted by atomic mass is 32.2. The van der Waals surface area contributed by atoms with Gasteiger partial charge in [-0.2, -0.15) is 0 Å². The lowest BCUT2D eigenvalue weighted by atomic mass is 9.96. The van der Waals surface area contributed by atoms with E-state index in [1.807, 2.05) is 0 Å². The molecule has 0 unspecified atom stereocenters. The van der Waals surface area contributed by atoms with Crippen LogP contribution in [-0.2, 0) is 18.9 Å². The maximum atomic E-state index is 13.0. The zero-order valence-corrected chi connectivity index (χ0v) is 26.0. The van der Waals surface area contributed by atoms with Crippen molar-refractivity contribution in [1.29, 1.82) is 0 Å². The number of aliphatic hydroxyl groups is 6.